The molecule has 122 valence electrons. The van der Waals surface area contributed by atoms with Crippen LogP contribution in [0.4, 0.5) is 0 Å². The fourth-order valence-corrected chi connectivity index (χ4v) is 2.98. The number of hydrogen-bond donors (Lipinski definition) is 0. The summed E-state index contributed by atoms with van der Waals surface area (Å²) in [5.41, 5.74) is 1.32. The Hall–Kier alpha value is -2.37. The molecule has 1 saturated heterocycles. The molecule has 1 fully saturated rings. The Kier molecular flexibility index (Phi) is 4.60. The Bertz CT molecular complexity index is 709. The first-order valence-electron chi connectivity index (χ1n) is 7.96. The second kappa shape index (κ2) is 6.81. The highest BCUT2D eigenvalue weighted by molar-refractivity contribution is 5.86. The molecular formula is C17H20N2O4. The first kappa shape index (κ1) is 15.5. The maximum absolute atomic E-state index is 12.5. The Morgan fingerprint density at radius 3 is 3.04 bits per heavy atom. The monoisotopic (exact) mass is 316 g/mol. The van der Waals surface area contributed by atoms with E-state index in [-0.39, 0.29) is 24.2 Å². The van der Waals surface area contributed by atoms with Gasteiger partial charge >= 0.3 is 5.97 Å². The number of piperidine rings is 1. The van der Waals surface area contributed by atoms with E-state index in [0.717, 1.165) is 18.2 Å². The van der Waals surface area contributed by atoms with Gasteiger partial charge in [-0.3, -0.25) is 9.59 Å². The van der Waals surface area contributed by atoms with Gasteiger partial charge in [-0.2, -0.15) is 0 Å². The molecule has 1 aliphatic heterocycles. The lowest BCUT2D eigenvalue weighted by molar-refractivity contribution is -0.151. The zero-order valence-electron chi connectivity index (χ0n) is 13.2. The van der Waals surface area contributed by atoms with E-state index < -0.39 is 0 Å². The number of benzene rings is 1. The van der Waals surface area contributed by atoms with E-state index in [1.165, 1.54) is 0 Å². The molecule has 1 aliphatic rings. The largest absolute Gasteiger partial charge is 0.466 e. The fourth-order valence-electron chi connectivity index (χ4n) is 2.98. The van der Waals surface area contributed by atoms with Crippen molar-refractivity contribution in [2.45, 2.75) is 26.2 Å². The topological polar surface area (TPSA) is 72.6 Å². The Morgan fingerprint density at radius 1 is 1.39 bits per heavy atom. The standard InChI is InChI=1S/C17H20N2O4/c1-2-22-17(21)12-6-5-9-19(11-12)16(20)10-14-13-7-3-4-8-15(13)23-18-14/h3-4,7-8,12H,2,5-6,9-11H2,1H3/t12-/m1/s1. The zero-order chi connectivity index (χ0) is 16.2. The van der Waals surface area contributed by atoms with E-state index in [0.29, 0.717) is 31.0 Å². The lowest BCUT2D eigenvalue weighted by Gasteiger charge is -2.31. The lowest BCUT2D eigenvalue weighted by atomic mass is 9.97. The second-order valence-corrected chi connectivity index (χ2v) is 5.73. The van der Waals surface area contributed by atoms with E-state index in [2.05, 4.69) is 5.16 Å². The first-order valence-corrected chi connectivity index (χ1v) is 7.96. The van der Waals surface area contributed by atoms with Gasteiger partial charge < -0.3 is 14.2 Å². The van der Waals surface area contributed by atoms with Crippen molar-refractivity contribution < 1.29 is 18.8 Å². The molecule has 0 bridgehead atoms. The van der Waals surface area contributed by atoms with Crippen molar-refractivity contribution >= 4 is 22.8 Å². The number of esters is 1. The third-order valence-corrected chi connectivity index (χ3v) is 4.16. The van der Waals surface area contributed by atoms with Crippen molar-refractivity contribution in [3.8, 4) is 0 Å². The summed E-state index contributed by atoms with van der Waals surface area (Å²) in [6.07, 6.45) is 1.77. The van der Waals surface area contributed by atoms with Gasteiger partial charge in [-0.15, -0.1) is 0 Å². The smallest absolute Gasteiger partial charge is 0.310 e. The number of hydrogen-bond acceptors (Lipinski definition) is 5. The number of carbonyl (C=O) groups is 2. The molecule has 6 heteroatoms. The molecule has 0 aliphatic carbocycles. The van der Waals surface area contributed by atoms with Crippen LogP contribution in [0.2, 0.25) is 0 Å². The third-order valence-electron chi connectivity index (χ3n) is 4.16. The van der Waals surface area contributed by atoms with Gasteiger partial charge in [0.2, 0.25) is 5.91 Å². The summed E-state index contributed by atoms with van der Waals surface area (Å²) >= 11 is 0. The molecule has 2 aromatic rings. The van der Waals surface area contributed by atoms with E-state index >= 15 is 0 Å². The number of fused-ring (bicyclic) bond motifs is 1. The summed E-state index contributed by atoms with van der Waals surface area (Å²) < 4.78 is 10.3. The summed E-state index contributed by atoms with van der Waals surface area (Å²) in [7, 11) is 0. The number of likely N-dealkylation sites (tertiary alicyclic amines) is 1. The van der Waals surface area contributed by atoms with Crippen LogP contribution < -0.4 is 0 Å². The minimum Gasteiger partial charge on any atom is -0.466 e. The maximum atomic E-state index is 12.5. The molecule has 0 N–H and O–H groups in total. The van der Waals surface area contributed by atoms with Crippen molar-refractivity contribution in [1.29, 1.82) is 0 Å². The fraction of sp³-hybridized carbons (Fsp3) is 0.471. The Balaban J connectivity index is 1.67. The third kappa shape index (κ3) is 3.36. The normalized spacial score (nSPS) is 18.1. The summed E-state index contributed by atoms with van der Waals surface area (Å²) in [6.45, 7) is 3.26. The van der Waals surface area contributed by atoms with Crippen LogP contribution in [0.1, 0.15) is 25.5 Å². The van der Waals surface area contributed by atoms with Crippen LogP contribution in [0.5, 0.6) is 0 Å². The SMILES string of the molecule is CCOC(=O)[C@@H]1CCCN(C(=O)Cc2noc3ccccc23)C1. The van der Waals surface area contributed by atoms with Crippen LogP contribution in [-0.2, 0) is 20.7 Å². The molecule has 0 spiro atoms. The number of amides is 1. The van der Waals surface area contributed by atoms with Crippen molar-refractivity contribution in [3.63, 3.8) is 0 Å². The van der Waals surface area contributed by atoms with Crippen LogP contribution in [0.25, 0.3) is 11.0 Å². The number of rotatable bonds is 4. The molecule has 1 aromatic carbocycles. The average Bonchev–Trinajstić information content (AvgIpc) is 2.98. The van der Waals surface area contributed by atoms with Crippen LogP contribution in [0.15, 0.2) is 28.8 Å². The first-order chi connectivity index (χ1) is 11.2. The highest BCUT2D eigenvalue weighted by atomic mass is 16.5. The predicted molar refractivity (Wildman–Crippen MR) is 83.7 cm³/mol. The number of ether oxygens (including phenoxy) is 1. The molecule has 3 rings (SSSR count). The van der Waals surface area contributed by atoms with Crippen molar-refractivity contribution in [2.24, 2.45) is 5.92 Å². The molecule has 1 atom stereocenters. The minimum absolute atomic E-state index is 0.0296. The quantitative estimate of drug-likeness (QED) is 0.808. The number of aromatic nitrogens is 1. The minimum atomic E-state index is -0.221. The average molecular weight is 316 g/mol. The van der Waals surface area contributed by atoms with Gasteiger partial charge in [0.25, 0.3) is 0 Å². The van der Waals surface area contributed by atoms with Gasteiger partial charge in [-0.1, -0.05) is 17.3 Å². The Morgan fingerprint density at radius 2 is 2.22 bits per heavy atom. The van der Waals surface area contributed by atoms with Gasteiger partial charge in [0.15, 0.2) is 5.58 Å². The van der Waals surface area contributed by atoms with Gasteiger partial charge in [0.05, 0.1) is 18.9 Å². The molecule has 0 radical (unpaired) electrons. The summed E-state index contributed by atoms with van der Waals surface area (Å²) in [5, 5.41) is 4.86. The van der Waals surface area contributed by atoms with Gasteiger partial charge in [0, 0.05) is 18.5 Å². The van der Waals surface area contributed by atoms with E-state index in [1.54, 1.807) is 11.8 Å². The Labute approximate surface area is 134 Å². The molecule has 2 heterocycles. The number of carbonyl (C=O) groups excluding carboxylic acids is 2. The predicted octanol–water partition coefficient (Wildman–Crippen LogP) is 2.17. The van der Waals surface area contributed by atoms with Gasteiger partial charge in [0.1, 0.15) is 5.69 Å². The molecule has 0 saturated carbocycles. The van der Waals surface area contributed by atoms with E-state index in [9.17, 15) is 9.59 Å². The van der Waals surface area contributed by atoms with E-state index in [4.69, 9.17) is 9.26 Å². The highest BCUT2D eigenvalue weighted by Gasteiger charge is 2.29. The van der Waals surface area contributed by atoms with Gasteiger partial charge in [-0.25, -0.2) is 0 Å². The number of nitrogens with zero attached hydrogens (tertiary/aromatic N) is 2. The number of para-hydroxylation sites is 1. The molecular weight excluding hydrogens is 296 g/mol. The van der Waals surface area contributed by atoms with Crippen LogP contribution >= 0.6 is 0 Å². The molecule has 6 nitrogen and oxygen atoms in total. The van der Waals surface area contributed by atoms with Crippen molar-refractivity contribution in [2.75, 3.05) is 19.7 Å². The zero-order valence-corrected chi connectivity index (χ0v) is 13.2. The highest BCUT2D eigenvalue weighted by Crippen LogP contribution is 2.21. The van der Waals surface area contributed by atoms with Crippen molar-refractivity contribution in [3.05, 3.63) is 30.0 Å². The molecule has 1 aromatic heterocycles. The van der Waals surface area contributed by atoms with E-state index in [1.807, 2.05) is 24.3 Å². The summed E-state index contributed by atoms with van der Waals surface area (Å²) in [6, 6.07) is 7.49. The van der Waals surface area contributed by atoms with Crippen LogP contribution in [-0.4, -0.2) is 41.6 Å². The van der Waals surface area contributed by atoms with Crippen LogP contribution in [0, 0.1) is 5.92 Å². The maximum Gasteiger partial charge on any atom is 0.310 e. The molecule has 1 amide bonds. The molecule has 0 unspecified atom stereocenters. The molecule has 23 heavy (non-hydrogen) atoms. The second-order valence-electron chi connectivity index (χ2n) is 5.73. The summed E-state index contributed by atoms with van der Waals surface area (Å²) in [5.74, 6) is -0.461. The lowest BCUT2D eigenvalue weighted by Crippen LogP contribution is -2.43. The van der Waals surface area contributed by atoms with Crippen LogP contribution in [0.3, 0.4) is 0 Å². The van der Waals surface area contributed by atoms with Crippen molar-refractivity contribution in [1.82, 2.24) is 10.1 Å². The summed E-state index contributed by atoms with van der Waals surface area (Å²) in [4.78, 5) is 26.1. The van der Waals surface area contributed by atoms with Gasteiger partial charge in [-0.05, 0) is 31.9 Å².